The van der Waals surface area contributed by atoms with Gasteiger partial charge in [0.1, 0.15) is 0 Å². The number of rotatable bonds is 18. The summed E-state index contributed by atoms with van der Waals surface area (Å²) in [5.41, 5.74) is 0. The number of hydrogen-bond acceptors (Lipinski definition) is 2. The molecule has 2 nitrogen and oxygen atoms in total. The van der Waals surface area contributed by atoms with Crippen LogP contribution in [0.3, 0.4) is 0 Å². The first-order chi connectivity index (χ1) is 10.8. The van der Waals surface area contributed by atoms with Crippen molar-refractivity contribution >= 4 is 21.9 Å². The first kappa shape index (κ1) is 21.9. The SMILES string of the molecule is O=C([O-])CCCCCCCCCCCCCCCCCCBr. The second-order valence-electron chi connectivity index (χ2n) is 6.47. The van der Waals surface area contributed by atoms with E-state index in [0.29, 0.717) is 0 Å². The molecule has 0 aliphatic rings. The molecule has 0 rings (SSSR count). The van der Waals surface area contributed by atoms with E-state index in [9.17, 15) is 9.90 Å². The van der Waals surface area contributed by atoms with E-state index >= 15 is 0 Å². The van der Waals surface area contributed by atoms with E-state index in [-0.39, 0.29) is 6.42 Å². The smallest absolute Gasteiger partial charge is 0.0414 e. The maximum atomic E-state index is 10.2. The zero-order valence-corrected chi connectivity index (χ0v) is 16.0. The van der Waals surface area contributed by atoms with E-state index in [2.05, 4.69) is 15.9 Å². The molecular formula is C19H36BrO2-. The first-order valence-electron chi connectivity index (χ1n) is 9.53. The number of carbonyl (C=O) groups excluding carboxylic acids is 1. The lowest BCUT2D eigenvalue weighted by molar-refractivity contribution is -0.305. The normalized spacial score (nSPS) is 11.0. The molecule has 0 aliphatic heterocycles. The van der Waals surface area contributed by atoms with E-state index in [0.717, 1.165) is 18.2 Å². The number of carboxylic acids is 1. The van der Waals surface area contributed by atoms with Crippen molar-refractivity contribution in [2.45, 2.75) is 109 Å². The van der Waals surface area contributed by atoms with E-state index < -0.39 is 5.97 Å². The Morgan fingerprint density at radius 1 is 0.545 bits per heavy atom. The zero-order valence-electron chi connectivity index (χ0n) is 14.4. The Bertz CT molecular complexity index is 231. The van der Waals surface area contributed by atoms with Crippen LogP contribution in [-0.4, -0.2) is 11.3 Å². The van der Waals surface area contributed by atoms with Crippen molar-refractivity contribution in [2.24, 2.45) is 0 Å². The molecule has 0 unspecified atom stereocenters. The van der Waals surface area contributed by atoms with Crippen molar-refractivity contribution in [1.82, 2.24) is 0 Å². The third kappa shape index (κ3) is 19.9. The fourth-order valence-electron chi connectivity index (χ4n) is 2.84. The van der Waals surface area contributed by atoms with Gasteiger partial charge in [-0.15, -0.1) is 0 Å². The molecule has 0 radical (unpaired) electrons. The van der Waals surface area contributed by atoms with Crippen LogP contribution in [0, 0.1) is 0 Å². The fourth-order valence-corrected chi connectivity index (χ4v) is 3.24. The number of hydrogen-bond donors (Lipinski definition) is 0. The number of carboxylic acid groups (broad SMARTS) is 1. The summed E-state index contributed by atoms with van der Waals surface area (Å²) in [6.45, 7) is 0. The molecule has 0 aromatic carbocycles. The Hall–Kier alpha value is -0.0500. The molecule has 0 amide bonds. The summed E-state index contributed by atoms with van der Waals surface area (Å²) in [7, 11) is 0. The number of halogens is 1. The predicted molar refractivity (Wildman–Crippen MR) is 97.3 cm³/mol. The molecule has 0 atom stereocenters. The molecule has 0 aliphatic carbocycles. The summed E-state index contributed by atoms with van der Waals surface area (Å²) in [5, 5.41) is 11.4. The lowest BCUT2D eigenvalue weighted by Gasteiger charge is -2.04. The quantitative estimate of drug-likeness (QED) is 0.225. The molecule has 0 saturated carbocycles. The van der Waals surface area contributed by atoms with Gasteiger partial charge < -0.3 is 9.90 Å². The lowest BCUT2D eigenvalue weighted by atomic mass is 10.0. The van der Waals surface area contributed by atoms with Crippen LogP contribution in [0.5, 0.6) is 0 Å². The van der Waals surface area contributed by atoms with Crippen LogP contribution in [0.4, 0.5) is 0 Å². The number of aliphatic carboxylic acids is 1. The van der Waals surface area contributed by atoms with Crippen molar-refractivity contribution in [3.05, 3.63) is 0 Å². The van der Waals surface area contributed by atoms with Gasteiger partial charge in [-0.05, 0) is 19.3 Å². The fraction of sp³-hybridized carbons (Fsp3) is 0.947. The summed E-state index contributed by atoms with van der Waals surface area (Å²) in [6.07, 6.45) is 21.2. The average Bonchev–Trinajstić information content (AvgIpc) is 2.50. The number of unbranched alkanes of at least 4 members (excludes halogenated alkanes) is 15. The van der Waals surface area contributed by atoms with Crippen molar-refractivity contribution in [1.29, 1.82) is 0 Å². The summed E-state index contributed by atoms with van der Waals surface area (Å²) in [4.78, 5) is 10.2. The minimum atomic E-state index is -0.904. The number of carbonyl (C=O) groups is 1. The van der Waals surface area contributed by atoms with Gasteiger partial charge in [0, 0.05) is 11.3 Å². The van der Waals surface area contributed by atoms with Crippen LogP contribution in [0.25, 0.3) is 0 Å². The molecule has 22 heavy (non-hydrogen) atoms. The average molecular weight is 376 g/mol. The van der Waals surface area contributed by atoms with E-state index in [1.54, 1.807) is 0 Å². The molecule has 3 heteroatoms. The number of alkyl halides is 1. The van der Waals surface area contributed by atoms with Crippen LogP contribution < -0.4 is 5.11 Å². The van der Waals surface area contributed by atoms with Crippen LogP contribution in [0.2, 0.25) is 0 Å². The molecule has 0 spiro atoms. The first-order valence-corrected chi connectivity index (χ1v) is 10.7. The van der Waals surface area contributed by atoms with Gasteiger partial charge in [-0.3, -0.25) is 0 Å². The second kappa shape index (κ2) is 19.0. The molecule has 0 aromatic rings. The Balaban J connectivity index is 2.95. The molecule has 0 fully saturated rings. The maximum Gasteiger partial charge on any atom is 0.0414 e. The standard InChI is InChI=1S/C19H37BrO2/c20-18-16-14-12-10-8-6-4-2-1-3-5-7-9-11-13-15-17-19(21)22/h1-18H2,(H,21,22)/p-1. The third-order valence-electron chi connectivity index (χ3n) is 4.26. The summed E-state index contributed by atoms with van der Waals surface area (Å²) < 4.78 is 0. The molecule has 0 aromatic heterocycles. The summed E-state index contributed by atoms with van der Waals surface area (Å²) >= 11 is 3.48. The molecule has 0 saturated heterocycles. The van der Waals surface area contributed by atoms with Crippen LogP contribution in [-0.2, 0) is 4.79 Å². The van der Waals surface area contributed by atoms with Gasteiger partial charge in [-0.2, -0.15) is 0 Å². The van der Waals surface area contributed by atoms with Gasteiger partial charge in [-0.25, -0.2) is 0 Å². The highest BCUT2D eigenvalue weighted by Gasteiger charge is 1.95. The van der Waals surface area contributed by atoms with Gasteiger partial charge in [0.25, 0.3) is 0 Å². The molecule has 0 heterocycles. The molecule has 0 bridgehead atoms. The monoisotopic (exact) mass is 375 g/mol. The van der Waals surface area contributed by atoms with E-state index in [1.165, 1.54) is 89.9 Å². The van der Waals surface area contributed by atoms with Crippen molar-refractivity contribution in [3.63, 3.8) is 0 Å². The van der Waals surface area contributed by atoms with Crippen LogP contribution >= 0.6 is 15.9 Å². The second-order valence-corrected chi connectivity index (χ2v) is 7.26. The maximum absolute atomic E-state index is 10.2. The van der Waals surface area contributed by atoms with Gasteiger partial charge in [0.05, 0.1) is 0 Å². The van der Waals surface area contributed by atoms with Crippen LogP contribution in [0.15, 0.2) is 0 Å². The van der Waals surface area contributed by atoms with Gasteiger partial charge in [0.2, 0.25) is 0 Å². The lowest BCUT2D eigenvalue weighted by Crippen LogP contribution is -2.21. The third-order valence-corrected chi connectivity index (χ3v) is 4.83. The Labute approximate surface area is 146 Å². The minimum absolute atomic E-state index is 0.233. The van der Waals surface area contributed by atoms with Crippen molar-refractivity contribution in [3.8, 4) is 0 Å². The van der Waals surface area contributed by atoms with Crippen LogP contribution in [0.1, 0.15) is 109 Å². The molecular weight excluding hydrogens is 340 g/mol. The van der Waals surface area contributed by atoms with Crippen molar-refractivity contribution in [2.75, 3.05) is 5.33 Å². The Morgan fingerprint density at radius 3 is 1.09 bits per heavy atom. The van der Waals surface area contributed by atoms with E-state index in [4.69, 9.17) is 0 Å². The minimum Gasteiger partial charge on any atom is -0.550 e. The van der Waals surface area contributed by atoms with Gasteiger partial charge >= 0.3 is 0 Å². The highest BCUT2D eigenvalue weighted by atomic mass is 79.9. The van der Waals surface area contributed by atoms with Gasteiger partial charge in [-0.1, -0.05) is 106 Å². The highest BCUT2D eigenvalue weighted by molar-refractivity contribution is 9.09. The predicted octanol–water partition coefficient (Wildman–Crippen LogP) is 5.76. The van der Waals surface area contributed by atoms with Crippen molar-refractivity contribution < 1.29 is 9.90 Å². The highest BCUT2D eigenvalue weighted by Crippen LogP contribution is 2.14. The largest absolute Gasteiger partial charge is 0.550 e. The Morgan fingerprint density at radius 2 is 0.818 bits per heavy atom. The summed E-state index contributed by atoms with van der Waals surface area (Å²) in [6, 6.07) is 0. The van der Waals surface area contributed by atoms with Gasteiger partial charge in [0.15, 0.2) is 0 Å². The Kier molecular flexibility index (Phi) is 19.0. The topological polar surface area (TPSA) is 40.1 Å². The molecule has 0 N–H and O–H groups in total. The van der Waals surface area contributed by atoms with E-state index in [1.807, 2.05) is 0 Å². The summed E-state index contributed by atoms with van der Waals surface area (Å²) in [5.74, 6) is -0.904. The molecule has 132 valence electrons. The zero-order chi connectivity index (χ0) is 16.3.